The molecule has 0 saturated carbocycles. The Morgan fingerprint density at radius 1 is 1.21 bits per heavy atom. The first-order chi connectivity index (χ1) is 9.10. The number of hydrogen-bond donors (Lipinski definition) is 1. The molecule has 2 aromatic rings. The van der Waals surface area contributed by atoms with E-state index in [1.165, 1.54) is 16.7 Å². The number of aryl methyl sites for hydroxylation is 2. The lowest BCUT2D eigenvalue weighted by Gasteiger charge is -2.17. The summed E-state index contributed by atoms with van der Waals surface area (Å²) in [6.07, 6.45) is 2.55. The fourth-order valence-corrected chi connectivity index (χ4v) is 2.76. The van der Waals surface area contributed by atoms with Gasteiger partial charge in [0.15, 0.2) is 5.22 Å². The van der Waals surface area contributed by atoms with Crippen molar-refractivity contribution in [3.63, 3.8) is 0 Å². The molecule has 0 bridgehead atoms. The molecule has 1 heterocycles. The zero-order chi connectivity index (χ0) is 13.8. The molecular weight excluding hydrogens is 258 g/mol. The first kappa shape index (κ1) is 14.2. The quantitative estimate of drug-likeness (QED) is 0.874. The van der Waals surface area contributed by atoms with Crippen LogP contribution >= 0.6 is 11.6 Å². The fourth-order valence-electron chi connectivity index (χ4n) is 2.51. The second kappa shape index (κ2) is 6.27. The molecule has 2 nitrogen and oxygen atoms in total. The monoisotopic (exact) mass is 277 g/mol. The molecule has 1 aromatic carbocycles. The van der Waals surface area contributed by atoms with E-state index in [9.17, 15) is 0 Å². The SMILES string of the molecule is CCNC(Cc1cc(C)cc(C)c1)c1ccoc1Cl. The molecule has 0 fully saturated rings. The maximum absolute atomic E-state index is 6.09. The van der Waals surface area contributed by atoms with Crippen LogP contribution in [0.4, 0.5) is 0 Å². The minimum absolute atomic E-state index is 0.192. The van der Waals surface area contributed by atoms with E-state index in [-0.39, 0.29) is 6.04 Å². The second-order valence-corrected chi connectivity index (χ2v) is 5.30. The van der Waals surface area contributed by atoms with Crippen LogP contribution in [0.5, 0.6) is 0 Å². The summed E-state index contributed by atoms with van der Waals surface area (Å²) in [5.74, 6) is 0. The molecule has 0 spiro atoms. The normalized spacial score (nSPS) is 12.6. The predicted octanol–water partition coefficient (Wildman–Crippen LogP) is 4.44. The van der Waals surface area contributed by atoms with Gasteiger partial charge in [-0.15, -0.1) is 0 Å². The van der Waals surface area contributed by atoms with Gasteiger partial charge in [-0.1, -0.05) is 36.2 Å². The van der Waals surface area contributed by atoms with Gasteiger partial charge in [0.1, 0.15) is 0 Å². The number of furan rings is 1. The molecule has 0 saturated heterocycles. The number of halogens is 1. The zero-order valence-corrected chi connectivity index (χ0v) is 12.4. The number of likely N-dealkylation sites (N-methyl/N-ethyl adjacent to an activating group) is 1. The molecule has 1 unspecified atom stereocenters. The average Bonchev–Trinajstić information content (AvgIpc) is 2.73. The first-order valence-electron chi connectivity index (χ1n) is 6.63. The summed E-state index contributed by atoms with van der Waals surface area (Å²) in [6.45, 7) is 7.26. The number of benzene rings is 1. The molecular formula is C16H20ClNO. The van der Waals surface area contributed by atoms with Crippen LogP contribution in [-0.4, -0.2) is 6.54 Å². The third-order valence-electron chi connectivity index (χ3n) is 3.19. The number of hydrogen-bond acceptors (Lipinski definition) is 2. The van der Waals surface area contributed by atoms with E-state index in [1.54, 1.807) is 6.26 Å². The molecule has 0 aliphatic carbocycles. The van der Waals surface area contributed by atoms with Gasteiger partial charge in [0.25, 0.3) is 0 Å². The van der Waals surface area contributed by atoms with Gasteiger partial charge in [-0.3, -0.25) is 0 Å². The summed E-state index contributed by atoms with van der Waals surface area (Å²) in [4.78, 5) is 0. The molecule has 0 amide bonds. The van der Waals surface area contributed by atoms with Gasteiger partial charge < -0.3 is 9.73 Å². The zero-order valence-electron chi connectivity index (χ0n) is 11.7. The van der Waals surface area contributed by atoms with E-state index in [4.69, 9.17) is 16.0 Å². The highest BCUT2D eigenvalue weighted by Gasteiger charge is 2.16. The second-order valence-electron chi connectivity index (χ2n) is 4.96. The standard InChI is InChI=1S/C16H20ClNO/c1-4-18-15(14-5-6-19-16(14)17)10-13-8-11(2)7-12(3)9-13/h5-9,15,18H,4,10H2,1-3H3. The molecule has 1 aromatic heterocycles. The minimum Gasteiger partial charge on any atom is -0.453 e. The van der Waals surface area contributed by atoms with Crippen LogP contribution in [0.2, 0.25) is 5.22 Å². The van der Waals surface area contributed by atoms with E-state index in [1.807, 2.05) is 6.07 Å². The highest BCUT2D eigenvalue weighted by molar-refractivity contribution is 6.29. The van der Waals surface area contributed by atoms with Crippen LogP contribution in [0.3, 0.4) is 0 Å². The summed E-state index contributed by atoms with van der Waals surface area (Å²) in [6, 6.07) is 8.78. The summed E-state index contributed by atoms with van der Waals surface area (Å²) >= 11 is 6.09. The van der Waals surface area contributed by atoms with Crippen LogP contribution < -0.4 is 5.32 Å². The Hall–Kier alpha value is -1.25. The Morgan fingerprint density at radius 2 is 1.89 bits per heavy atom. The van der Waals surface area contributed by atoms with Crippen LogP contribution in [0, 0.1) is 13.8 Å². The molecule has 102 valence electrons. The topological polar surface area (TPSA) is 25.2 Å². The van der Waals surface area contributed by atoms with Crippen LogP contribution in [-0.2, 0) is 6.42 Å². The van der Waals surface area contributed by atoms with Crippen molar-refractivity contribution in [1.82, 2.24) is 5.32 Å². The summed E-state index contributed by atoms with van der Waals surface area (Å²) in [5, 5.41) is 3.95. The maximum atomic E-state index is 6.09. The Bertz CT molecular complexity index is 527. The largest absolute Gasteiger partial charge is 0.453 e. The van der Waals surface area contributed by atoms with E-state index in [0.717, 1.165) is 18.5 Å². The molecule has 1 atom stereocenters. The number of rotatable bonds is 5. The van der Waals surface area contributed by atoms with Gasteiger partial charge >= 0.3 is 0 Å². The van der Waals surface area contributed by atoms with Crippen molar-refractivity contribution in [2.24, 2.45) is 0 Å². The third kappa shape index (κ3) is 3.62. The summed E-state index contributed by atoms with van der Waals surface area (Å²) < 4.78 is 5.20. The highest BCUT2D eigenvalue weighted by atomic mass is 35.5. The lowest BCUT2D eigenvalue weighted by atomic mass is 9.98. The van der Waals surface area contributed by atoms with Gasteiger partial charge in [0, 0.05) is 11.6 Å². The van der Waals surface area contributed by atoms with Gasteiger partial charge in [-0.2, -0.15) is 0 Å². The maximum Gasteiger partial charge on any atom is 0.197 e. The van der Waals surface area contributed by atoms with E-state index < -0.39 is 0 Å². The Morgan fingerprint density at radius 3 is 2.42 bits per heavy atom. The van der Waals surface area contributed by atoms with Crippen molar-refractivity contribution in [2.45, 2.75) is 33.2 Å². The molecule has 19 heavy (non-hydrogen) atoms. The van der Waals surface area contributed by atoms with Crippen molar-refractivity contribution in [2.75, 3.05) is 6.54 Å². The van der Waals surface area contributed by atoms with E-state index in [0.29, 0.717) is 5.22 Å². The van der Waals surface area contributed by atoms with Crippen LogP contribution in [0.15, 0.2) is 34.9 Å². The lowest BCUT2D eigenvalue weighted by molar-refractivity contribution is 0.526. The number of nitrogens with one attached hydrogen (secondary N) is 1. The predicted molar refractivity (Wildman–Crippen MR) is 79.8 cm³/mol. The molecule has 2 rings (SSSR count). The first-order valence-corrected chi connectivity index (χ1v) is 7.01. The van der Waals surface area contributed by atoms with Gasteiger partial charge in [-0.25, -0.2) is 0 Å². The molecule has 0 radical (unpaired) electrons. The van der Waals surface area contributed by atoms with Crippen molar-refractivity contribution < 1.29 is 4.42 Å². The molecule has 0 aliphatic rings. The van der Waals surface area contributed by atoms with E-state index >= 15 is 0 Å². The highest BCUT2D eigenvalue weighted by Crippen LogP contribution is 2.27. The van der Waals surface area contributed by atoms with Crippen molar-refractivity contribution in [3.8, 4) is 0 Å². The van der Waals surface area contributed by atoms with Gasteiger partial charge in [0.2, 0.25) is 0 Å². The smallest absolute Gasteiger partial charge is 0.197 e. The van der Waals surface area contributed by atoms with Crippen LogP contribution in [0.1, 0.15) is 35.2 Å². The van der Waals surface area contributed by atoms with E-state index in [2.05, 4.69) is 44.3 Å². The van der Waals surface area contributed by atoms with Gasteiger partial charge in [-0.05, 0) is 50.0 Å². The Balaban J connectivity index is 2.23. The van der Waals surface area contributed by atoms with Crippen molar-refractivity contribution in [3.05, 3.63) is 58.0 Å². The Labute approximate surface area is 119 Å². The van der Waals surface area contributed by atoms with Crippen LogP contribution in [0.25, 0.3) is 0 Å². The molecule has 3 heteroatoms. The van der Waals surface area contributed by atoms with Gasteiger partial charge in [0.05, 0.1) is 6.26 Å². The minimum atomic E-state index is 0.192. The molecule has 0 aliphatic heterocycles. The summed E-state index contributed by atoms with van der Waals surface area (Å²) in [5.41, 5.74) is 4.94. The lowest BCUT2D eigenvalue weighted by Crippen LogP contribution is -2.22. The Kier molecular flexibility index (Phi) is 4.67. The summed E-state index contributed by atoms with van der Waals surface area (Å²) in [7, 11) is 0. The average molecular weight is 278 g/mol. The molecule has 1 N–H and O–H groups in total. The van der Waals surface area contributed by atoms with Crippen molar-refractivity contribution >= 4 is 11.6 Å². The van der Waals surface area contributed by atoms with Crippen molar-refractivity contribution in [1.29, 1.82) is 0 Å². The fraction of sp³-hybridized carbons (Fsp3) is 0.375. The third-order valence-corrected chi connectivity index (χ3v) is 3.50.